The van der Waals surface area contributed by atoms with E-state index in [1.165, 1.54) is 41.3 Å². The van der Waals surface area contributed by atoms with Crippen molar-refractivity contribution in [1.82, 2.24) is 14.3 Å². The molecule has 0 unspecified atom stereocenters. The third-order valence-electron chi connectivity index (χ3n) is 5.12. The molecular formula is C21H25N3O6S2. The maximum absolute atomic E-state index is 12.8. The molecule has 11 heteroatoms. The van der Waals surface area contributed by atoms with Crippen molar-refractivity contribution in [3.05, 3.63) is 60.2 Å². The van der Waals surface area contributed by atoms with E-state index in [1.807, 2.05) is 0 Å². The van der Waals surface area contributed by atoms with Gasteiger partial charge in [-0.1, -0.05) is 30.3 Å². The van der Waals surface area contributed by atoms with E-state index in [4.69, 9.17) is 0 Å². The number of amides is 2. The number of hydrazine groups is 1. The molecule has 1 saturated heterocycles. The van der Waals surface area contributed by atoms with Gasteiger partial charge in [-0.05, 0) is 36.2 Å². The van der Waals surface area contributed by atoms with Gasteiger partial charge in [0.15, 0.2) is 9.84 Å². The molecule has 0 radical (unpaired) electrons. The maximum atomic E-state index is 12.8. The first kappa shape index (κ1) is 23.9. The number of likely N-dealkylation sites (N-methyl/N-ethyl adjacent to an activating group) is 1. The van der Waals surface area contributed by atoms with Crippen LogP contribution in [0.1, 0.15) is 12.0 Å². The van der Waals surface area contributed by atoms with Crippen LogP contribution in [0.25, 0.3) is 0 Å². The summed E-state index contributed by atoms with van der Waals surface area (Å²) in [5.41, 5.74) is 0.616. The molecule has 2 aromatic rings. The smallest absolute Gasteiger partial charge is 0.256 e. The maximum Gasteiger partial charge on any atom is 0.256 e. The molecule has 0 aromatic heterocycles. The van der Waals surface area contributed by atoms with Crippen LogP contribution in [-0.2, 0) is 35.9 Å². The predicted octanol–water partition coefficient (Wildman–Crippen LogP) is 0.929. The molecular weight excluding hydrogens is 454 g/mol. The van der Waals surface area contributed by atoms with Gasteiger partial charge in [-0.15, -0.1) is 0 Å². The predicted molar refractivity (Wildman–Crippen MR) is 118 cm³/mol. The minimum Gasteiger partial charge on any atom is -0.273 e. The van der Waals surface area contributed by atoms with Crippen molar-refractivity contribution in [1.29, 1.82) is 0 Å². The Morgan fingerprint density at radius 2 is 1.41 bits per heavy atom. The molecule has 0 aliphatic carbocycles. The van der Waals surface area contributed by atoms with E-state index >= 15 is 0 Å². The van der Waals surface area contributed by atoms with Crippen LogP contribution >= 0.6 is 0 Å². The van der Waals surface area contributed by atoms with Gasteiger partial charge < -0.3 is 0 Å². The zero-order valence-corrected chi connectivity index (χ0v) is 19.5. The fourth-order valence-corrected chi connectivity index (χ4v) is 5.15. The number of hydrogen-bond acceptors (Lipinski definition) is 6. The molecule has 1 fully saturated rings. The number of carbonyl (C=O) groups excluding carboxylic acids is 2. The Labute approximate surface area is 188 Å². The summed E-state index contributed by atoms with van der Waals surface area (Å²) in [5.74, 6) is -0.818. The molecule has 3 rings (SSSR count). The van der Waals surface area contributed by atoms with Crippen LogP contribution in [0.15, 0.2) is 64.4 Å². The van der Waals surface area contributed by atoms with E-state index in [-0.39, 0.29) is 22.1 Å². The van der Waals surface area contributed by atoms with Gasteiger partial charge in [-0.2, -0.15) is 4.31 Å². The molecule has 1 aliphatic rings. The van der Waals surface area contributed by atoms with Gasteiger partial charge in [-0.3, -0.25) is 19.6 Å². The first-order valence-corrected chi connectivity index (χ1v) is 13.2. The van der Waals surface area contributed by atoms with E-state index in [1.54, 1.807) is 30.3 Å². The van der Waals surface area contributed by atoms with Crippen molar-refractivity contribution in [2.24, 2.45) is 0 Å². The first-order chi connectivity index (χ1) is 15.0. The second-order valence-corrected chi connectivity index (χ2v) is 11.6. The molecule has 0 N–H and O–H groups in total. The number of sulfone groups is 1. The van der Waals surface area contributed by atoms with Crippen LogP contribution < -0.4 is 0 Å². The number of benzene rings is 2. The van der Waals surface area contributed by atoms with Crippen molar-refractivity contribution in [2.45, 2.75) is 22.6 Å². The minimum absolute atomic E-state index is 0.00796. The van der Waals surface area contributed by atoms with Crippen LogP contribution in [0.5, 0.6) is 0 Å². The van der Waals surface area contributed by atoms with E-state index in [9.17, 15) is 26.4 Å². The van der Waals surface area contributed by atoms with Crippen molar-refractivity contribution >= 4 is 31.7 Å². The molecule has 172 valence electrons. The molecule has 0 bridgehead atoms. The van der Waals surface area contributed by atoms with Crippen molar-refractivity contribution < 1.29 is 26.4 Å². The van der Waals surface area contributed by atoms with Crippen LogP contribution in [0.2, 0.25) is 0 Å². The zero-order valence-electron chi connectivity index (χ0n) is 17.8. The third kappa shape index (κ3) is 5.34. The molecule has 0 spiro atoms. The highest BCUT2D eigenvalue weighted by Crippen LogP contribution is 2.18. The molecule has 0 saturated carbocycles. The summed E-state index contributed by atoms with van der Waals surface area (Å²) in [5, 5.41) is 2.61. The van der Waals surface area contributed by atoms with E-state index in [0.717, 1.165) is 10.6 Å². The van der Waals surface area contributed by atoms with Gasteiger partial charge in [0, 0.05) is 26.4 Å². The molecule has 1 aliphatic heterocycles. The number of rotatable bonds is 7. The number of carbonyl (C=O) groups is 2. The van der Waals surface area contributed by atoms with Gasteiger partial charge in [0.1, 0.15) is 0 Å². The summed E-state index contributed by atoms with van der Waals surface area (Å²) in [6, 6.07) is 13.8. The first-order valence-electron chi connectivity index (χ1n) is 9.91. The van der Waals surface area contributed by atoms with E-state index in [2.05, 4.69) is 0 Å². The molecule has 0 atom stereocenters. The molecule has 2 amide bonds. The number of sulfonamides is 1. The Morgan fingerprint density at radius 3 is 1.97 bits per heavy atom. The average molecular weight is 480 g/mol. The lowest BCUT2D eigenvalue weighted by atomic mass is 10.1. The van der Waals surface area contributed by atoms with Crippen molar-refractivity contribution in [3.8, 4) is 0 Å². The van der Waals surface area contributed by atoms with Crippen LogP contribution in [-0.4, -0.2) is 75.9 Å². The van der Waals surface area contributed by atoms with E-state index in [0.29, 0.717) is 25.1 Å². The fourth-order valence-electron chi connectivity index (χ4n) is 3.38. The topological polar surface area (TPSA) is 112 Å². The normalized spacial score (nSPS) is 14.7. The lowest BCUT2D eigenvalue weighted by Gasteiger charge is -2.29. The largest absolute Gasteiger partial charge is 0.273 e. The Hall–Kier alpha value is -2.76. The standard InChI is InChI=1S/C21H25N3O6S2/c1-22(32(29,30)19-7-4-3-5-8-19)16-21(26)24-14-6-13-23(24)20(25)15-17-9-11-18(12-10-17)31(2,27)28/h3-5,7-12H,6,13-16H2,1-2H3. The summed E-state index contributed by atoms with van der Waals surface area (Å²) in [7, 11) is -5.84. The lowest BCUT2D eigenvalue weighted by molar-refractivity contribution is -0.157. The number of hydrogen-bond donors (Lipinski definition) is 0. The SMILES string of the molecule is CN(CC(=O)N1CCCN1C(=O)Cc1ccc(S(C)(=O)=O)cc1)S(=O)(=O)c1ccccc1. The lowest BCUT2D eigenvalue weighted by Crippen LogP contribution is -2.49. The Balaban J connectivity index is 1.66. The van der Waals surface area contributed by atoms with Gasteiger partial charge >= 0.3 is 0 Å². The molecule has 9 nitrogen and oxygen atoms in total. The minimum atomic E-state index is -3.83. The zero-order chi connectivity index (χ0) is 23.5. The molecule has 1 heterocycles. The Bertz CT molecular complexity index is 1200. The highest BCUT2D eigenvalue weighted by atomic mass is 32.2. The summed E-state index contributed by atoms with van der Waals surface area (Å²) >= 11 is 0. The second-order valence-electron chi connectivity index (χ2n) is 7.55. The summed E-state index contributed by atoms with van der Waals surface area (Å²) in [6.07, 6.45) is 1.68. The summed E-state index contributed by atoms with van der Waals surface area (Å²) in [6.45, 7) is 0.266. The monoisotopic (exact) mass is 479 g/mol. The Kier molecular flexibility index (Phi) is 7.01. The van der Waals surface area contributed by atoms with E-state index < -0.39 is 32.3 Å². The van der Waals surface area contributed by atoms with Gasteiger partial charge in [-0.25, -0.2) is 16.8 Å². The highest BCUT2D eigenvalue weighted by Gasteiger charge is 2.33. The van der Waals surface area contributed by atoms with Crippen molar-refractivity contribution in [2.75, 3.05) is 32.9 Å². The number of nitrogens with zero attached hydrogens (tertiary/aromatic N) is 3. The van der Waals surface area contributed by atoms with Crippen molar-refractivity contribution in [3.63, 3.8) is 0 Å². The third-order valence-corrected chi connectivity index (χ3v) is 8.07. The summed E-state index contributed by atoms with van der Waals surface area (Å²) in [4.78, 5) is 25.9. The fraction of sp³-hybridized carbons (Fsp3) is 0.333. The van der Waals surface area contributed by atoms with Gasteiger partial charge in [0.2, 0.25) is 15.9 Å². The van der Waals surface area contributed by atoms with Crippen LogP contribution in [0.4, 0.5) is 0 Å². The van der Waals surface area contributed by atoms with Crippen LogP contribution in [0.3, 0.4) is 0 Å². The average Bonchev–Trinajstić information content (AvgIpc) is 3.24. The van der Waals surface area contributed by atoms with Gasteiger partial charge in [0.05, 0.1) is 22.8 Å². The molecule has 32 heavy (non-hydrogen) atoms. The summed E-state index contributed by atoms with van der Waals surface area (Å²) < 4.78 is 49.5. The highest BCUT2D eigenvalue weighted by molar-refractivity contribution is 7.90. The second kappa shape index (κ2) is 9.39. The quantitative estimate of drug-likeness (QED) is 0.584. The Morgan fingerprint density at radius 1 is 0.844 bits per heavy atom. The van der Waals surface area contributed by atoms with Gasteiger partial charge in [0.25, 0.3) is 5.91 Å². The van der Waals surface area contributed by atoms with Crippen LogP contribution in [0, 0.1) is 0 Å². The molecule has 2 aromatic carbocycles.